The molecule has 1 aliphatic carbocycles. The number of anilines is 1. The molecule has 1 saturated carbocycles. The summed E-state index contributed by atoms with van der Waals surface area (Å²) < 4.78 is 39.8. The van der Waals surface area contributed by atoms with E-state index < -0.39 is 17.0 Å². The maximum absolute atomic E-state index is 12.6. The van der Waals surface area contributed by atoms with Gasteiger partial charge in [-0.25, -0.2) is 0 Å². The highest BCUT2D eigenvalue weighted by Crippen LogP contribution is 2.40. The fraction of sp³-hybridized carbons (Fsp3) is 0.471. The van der Waals surface area contributed by atoms with Crippen LogP contribution in [0.4, 0.5) is 18.9 Å². The molecule has 5 nitrogen and oxygen atoms in total. The highest BCUT2D eigenvalue weighted by atomic mass is 32.2. The van der Waals surface area contributed by atoms with Crippen LogP contribution in [0, 0.1) is 0 Å². The van der Waals surface area contributed by atoms with Gasteiger partial charge in [-0.2, -0.15) is 13.2 Å². The van der Waals surface area contributed by atoms with E-state index in [4.69, 9.17) is 0 Å². The average molecular weight is 384 g/mol. The predicted octanol–water partition coefficient (Wildman–Crippen LogP) is 4.31. The van der Waals surface area contributed by atoms with Crippen LogP contribution in [0.25, 0.3) is 0 Å². The molecule has 9 heteroatoms. The lowest BCUT2D eigenvalue weighted by molar-refractivity contribution is -0.137. The molecule has 1 fully saturated rings. The molecule has 0 aliphatic heterocycles. The Labute approximate surface area is 153 Å². The second kappa shape index (κ2) is 7.30. The Morgan fingerprint density at radius 1 is 1.31 bits per heavy atom. The van der Waals surface area contributed by atoms with Gasteiger partial charge in [0.2, 0.25) is 5.91 Å². The SMILES string of the molecule is CCn1c(S[C@@H](C)C(=O)Nc2ccc(C(F)(F)F)cc2)nnc1C1CC1. The van der Waals surface area contributed by atoms with Crippen molar-refractivity contribution in [3.05, 3.63) is 35.7 Å². The summed E-state index contributed by atoms with van der Waals surface area (Å²) >= 11 is 1.29. The van der Waals surface area contributed by atoms with E-state index in [9.17, 15) is 18.0 Å². The number of halogens is 3. The first kappa shape index (κ1) is 18.8. The van der Waals surface area contributed by atoms with Gasteiger partial charge in [0.15, 0.2) is 5.16 Å². The van der Waals surface area contributed by atoms with Crippen LogP contribution in [-0.2, 0) is 17.5 Å². The van der Waals surface area contributed by atoms with Crippen molar-refractivity contribution < 1.29 is 18.0 Å². The van der Waals surface area contributed by atoms with Crippen LogP contribution in [-0.4, -0.2) is 25.9 Å². The molecule has 1 aromatic heterocycles. The first-order valence-electron chi connectivity index (χ1n) is 8.37. The number of nitrogens with zero attached hydrogens (tertiary/aromatic N) is 3. The standard InChI is InChI=1S/C17H19F3N4OS/c1-3-24-14(11-4-5-11)22-23-16(24)26-10(2)15(25)21-13-8-6-12(7-9-13)17(18,19)20/h6-11H,3-5H2,1-2H3,(H,21,25)/t10-/m0/s1. The molecule has 0 saturated heterocycles. The molecule has 1 amide bonds. The van der Waals surface area contributed by atoms with Crippen LogP contribution < -0.4 is 5.32 Å². The summed E-state index contributed by atoms with van der Waals surface area (Å²) in [7, 11) is 0. The van der Waals surface area contributed by atoms with Gasteiger partial charge in [-0.15, -0.1) is 10.2 Å². The summed E-state index contributed by atoms with van der Waals surface area (Å²) in [5.74, 6) is 1.13. The molecule has 1 atom stereocenters. The Kier molecular flexibility index (Phi) is 5.27. The van der Waals surface area contributed by atoms with Crippen molar-refractivity contribution in [1.29, 1.82) is 0 Å². The zero-order valence-electron chi connectivity index (χ0n) is 14.4. The number of carbonyl (C=O) groups excluding carboxylic acids is 1. The third-order valence-corrected chi connectivity index (χ3v) is 5.22. The van der Waals surface area contributed by atoms with E-state index in [0.29, 0.717) is 16.8 Å². The van der Waals surface area contributed by atoms with Gasteiger partial charge in [0.1, 0.15) is 5.82 Å². The summed E-state index contributed by atoms with van der Waals surface area (Å²) in [5.41, 5.74) is -0.423. The average Bonchev–Trinajstić information content (AvgIpc) is 3.35. The Morgan fingerprint density at radius 3 is 2.50 bits per heavy atom. The summed E-state index contributed by atoms with van der Waals surface area (Å²) in [6, 6.07) is 4.39. The number of nitrogens with one attached hydrogen (secondary N) is 1. The Morgan fingerprint density at radius 2 is 1.96 bits per heavy atom. The van der Waals surface area contributed by atoms with Crippen molar-refractivity contribution in [2.75, 3.05) is 5.32 Å². The Bertz CT molecular complexity index is 784. The zero-order chi connectivity index (χ0) is 18.9. The topological polar surface area (TPSA) is 59.8 Å². The van der Waals surface area contributed by atoms with Gasteiger partial charge in [-0.1, -0.05) is 11.8 Å². The number of rotatable bonds is 6. The molecule has 140 valence electrons. The van der Waals surface area contributed by atoms with Crippen LogP contribution in [0.1, 0.15) is 44.0 Å². The number of hydrogen-bond acceptors (Lipinski definition) is 4. The quantitative estimate of drug-likeness (QED) is 0.754. The highest BCUT2D eigenvalue weighted by molar-refractivity contribution is 8.00. The minimum atomic E-state index is -4.39. The zero-order valence-corrected chi connectivity index (χ0v) is 15.2. The summed E-state index contributed by atoms with van der Waals surface area (Å²) in [4.78, 5) is 12.3. The second-order valence-corrected chi connectivity index (χ2v) is 7.49. The highest BCUT2D eigenvalue weighted by Gasteiger charge is 2.31. The van der Waals surface area contributed by atoms with Crippen molar-refractivity contribution in [1.82, 2.24) is 14.8 Å². The number of carbonyl (C=O) groups is 1. The van der Waals surface area contributed by atoms with E-state index in [2.05, 4.69) is 15.5 Å². The molecule has 0 bridgehead atoms. The van der Waals surface area contributed by atoms with E-state index in [1.807, 2.05) is 11.5 Å². The van der Waals surface area contributed by atoms with Crippen LogP contribution in [0.15, 0.2) is 29.4 Å². The first-order chi connectivity index (χ1) is 12.3. The van der Waals surface area contributed by atoms with Crippen LogP contribution in [0.5, 0.6) is 0 Å². The maximum Gasteiger partial charge on any atom is 0.416 e. The molecular formula is C17H19F3N4OS. The summed E-state index contributed by atoms with van der Waals surface area (Å²) in [5, 5.41) is 11.3. The molecule has 3 rings (SSSR count). The lowest BCUT2D eigenvalue weighted by atomic mass is 10.2. The fourth-order valence-electron chi connectivity index (χ4n) is 2.53. The molecule has 0 radical (unpaired) electrons. The summed E-state index contributed by atoms with van der Waals surface area (Å²) in [6.45, 7) is 4.47. The number of amides is 1. The molecule has 0 spiro atoms. The number of aromatic nitrogens is 3. The van der Waals surface area contributed by atoms with E-state index in [0.717, 1.165) is 37.3 Å². The van der Waals surface area contributed by atoms with E-state index in [-0.39, 0.29) is 5.91 Å². The Balaban J connectivity index is 1.63. The minimum Gasteiger partial charge on any atom is -0.325 e. The van der Waals surface area contributed by atoms with E-state index in [1.165, 1.54) is 23.9 Å². The van der Waals surface area contributed by atoms with Crippen LogP contribution >= 0.6 is 11.8 Å². The third kappa shape index (κ3) is 4.20. The minimum absolute atomic E-state index is 0.298. The maximum atomic E-state index is 12.6. The number of thioether (sulfide) groups is 1. The summed E-state index contributed by atoms with van der Waals surface area (Å²) in [6.07, 6.45) is -2.16. The fourth-order valence-corrected chi connectivity index (χ4v) is 3.45. The predicted molar refractivity (Wildman–Crippen MR) is 93.1 cm³/mol. The number of benzene rings is 1. The van der Waals surface area contributed by atoms with Gasteiger partial charge in [0, 0.05) is 18.2 Å². The van der Waals surface area contributed by atoms with E-state index >= 15 is 0 Å². The van der Waals surface area contributed by atoms with Crippen LogP contribution in [0.3, 0.4) is 0 Å². The number of hydrogen-bond donors (Lipinski definition) is 1. The van der Waals surface area contributed by atoms with Gasteiger partial charge in [0.05, 0.1) is 10.8 Å². The van der Waals surface area contributed by atoms with Gasteiger partial charge in [-0.05, 0) is 51.0 Å². The second-order valence-electron chi connectivity index (χ2n) is 6.18. The van der Waals surface area contributed by atoms with Crippen molar-refractivity contribution in [2.24, 2.45) is 0 Å². The number of alkyl halides is 3. The molecule has 26 heavy (non-hydrogen) atoms. The monoisotopic (exact) mass is 384 g/mol. The van der Waals surface area contributed by atoms with Gasteiger partial charge >= 0.3 is 6.18 Å². The third-order valence-electron chi connectivity index (χ3n) is 4.14. The van der Waals surface area contributed by atoms with Gasteiger partial charge in [0.25, 0.3) is 0 Å². The van der Waals surface area contributed by atoms with Gasteiger partial charge in [-0.3, -0.25) is 4.79 Å². The molecule has 1 heterocycles. The van der Waals surface area contributed by atoms with Crippen molar-refractivity contribution in [3.63, 3.8) is 0 Å². The van der Waals surface area contributed by atoms with Gasteiger partial charge < -0.3 is 9.88 Å². The first-order valence-corrected chi connectivity index (χ1v) is 9.25. The van der Waals surface area contributed by atoms with E-state index in [1.54, 1.807) is 6.92 Å². The molecule has 0 unspecified atom stereocenters. The van der Waals surface area contributed by atoms with Crippen molar-refractivity contribution in [3.8, 4) is 0 Å². The smallest absolute Gasteiger partial charge is 0.325 e. The molecule has 1 N–H and O–H groups in total. The Hall–Kier alpha value is -2.03. The largest absolute Gasteiger partial charge is 0.416 e. The molecule has 1 aliphatic rings. The van der Waals surface area contributed by atoms with Crippen molar-refractivity contribution in [2.45, 2.75) is 55.7 Å². The lowest BCUT2D eigenvalue weighted by Gasteiger charge is -2.13. The lowest BCUT2D eigenvalue weighted by Crippen LogP contribution is -2.23. The molecule has 2 aromatic rings. The van der Waals surface area contributed by atoms with Crippen molar-refractivity contribution >= 4 is 23.4 Å². The van der Waals surface area contributed by atoms with Crippen LogP contribution in [0.2, 0.25) is 0 Å². The molecule has 1 aromatic carbocycles. The normalized spacial score (nSPS) is 15.7. The molecular weight excluding hydrogens is 365 g/mol.